The van der Waals surface area contributed by atoms with Gasteiger partial charge < -0.3 is 10.0 Å². The van der Waals surface area contributed by atoms with Crippen molar-refractivity contribution in [2.75, 3.05) is 11.4 Å². The zero-order valence-corrected chi connectivity index (χ0v) is 10.4. The molecule has 1 aromatic rings. The molecule has 1 unspecified atom stereocenters. The SMILES string of the molecule is CCCCC(=O)N1CC(C(=O)O)c2ccccc21. The number of para-hydroxylation sites is 1. The van der Waals surface area contributed by atoms with Crippen LogP contribution >= 0.6 is 0 Å². The Morgan fingerprint density at radius 1 is 1.39 bits per heavy atom. The lowest BCUT2D eigenvalue weighted by Gasteiger charge is -2.17. The van der Waals surface area contributed by atoms with Gasteiger partial charge in [-0.25, -0.2) is 0 Å². The Kier molecular flexibility index (Phi) is 3.65. The van der Waals surface area contributed by atoms with Gasteiger partial charge in [0.15, 0.2) is 0 Å². The molecule has 1 atom stereocenters. The van der Waals surface area contributed by atoms with E-state index in [4.69, 9.17) is 0 Å². The number of carboxylic acid groups (broad SMARTS) is 1. The van der Waals surface area contributed by atoms with Gasteiger partial charge in [-0.3, -0.25) is 9.59 Å². The molecule has 1 N–H and O–H groups in total. The Labute approximate surface area is 106 Å². The number of unbranched alkanes of at least 4 members (excludes halogenated alkanes) is 1. The van der Waals surface area contributed by atoms with Gasteiger partial charge in [0, 0.05) is 18.7 Å². The van der Waals surface area contributed by atoms with Crippen LogP contribution in [0.2, 0.25) is 0 Å². The molecule has 1 aliphatic heterocycles. The molecule has 1 heterocycles. The summed E-state index contributed by atoms with van der Waals surface area (Å²) in [7, 11) is 0. The van der Waals surface area contributed by atoms with Crippen molar-refractivity contribution in [3.05, 3.63) is 29.8 Å². The van der Waals surface area contributed by atoms with Gasteiger partial charge >= 0.3 is 5.97 Å². The molecule has 0 radical (unpaired) electrons. The smallest absolute Gasteiger partial charge is 0.312 e. The maximum atomic E-state index is 12.1. The number of rotatable bonds is 4. The first-order valence-electron chi connectivity index (χ1n) is 6.27. The lowest BCUT2D eigenvalue weighted by atomic mass is 10.0. The molecule has 96 valence electrons. The lowest BCUT2D eigenvalue weighted by Crippen LogP contribution is -2.30. The second-order valence-corrected chi connectivity index (χ2v) is 4.56. The van der Waals surface area contributed by atoms with Crippen molar-refractivity contribution in [1.82, 2.24) is 0 Å². The van der Waals surface area contributed by atoms with Crippen LogP contribution < -0.4 is 4.90 Å². The summed E-state index contributed by atoms with van der Waals surface area (Å²) in [6, 6.07) is 7.27. The molecule has 1 aromatic carbocycles. The van der Waals surface area contributed by atoms with Gasteiger partial charge in [0.1, 0.15) is 5.92 Å². The van der Waals surface area contributed by atoms with Crippen LogP contribution in [0.25, 0.3) is 0 Å². The summed E-state index contributed by atoms with van der Waals surface area (Å²) in [4.78, 5) is 24.9. The Morgan fingerprint density at radius 3 is 2.78 bits per heavy atom. The van der Waals surface area contributed by atoms with Crippen molar-refractivity contribution >= 4 is 17.6 Å². The molecule has 2 rings (SSSR count). The molecule has 0 saturated carbocycles. The highest BCUT2D eigenvalue weighted by Crippen LogP contribution is 2.36. The molecular formula is C14H17NO3. The minimum Gasteiger partial charge on any atom is -0.481 e. The van der Waals surface area contributed by atoms with Gasteiger partial charge in [-0.15, -0.1) is 0 Å². The highest BCUT2D eigenvalue weighted by Gasteiger charge is 2.35. The molecule has 0 saturated heterocycles. The quantitative estimate of drug-likeness (QED) is 0.888. The van der Waals surface area contributed by atoms with E-state index in [0.717, 1.165) is 24.1 Å². The van der Waals surface area contributed by atoms with E-state index in [0.29, 0.717) is 6.42 Å². The van der Waals surface area contributed by atoms with E-state index in [1.807, 2.05) is 25.1 Å². The van der Waals surface area contributed by atoms with E-state index < -0.39 is 11.9 Å². The maximum absolute atomic E-state index is 12.1. The largest absolute Gasteiger partial charge is 0.481 e. The normalized spacial score (nSPS) is 17.6. The molecule has 1 aliphatic rings. The first-order valence-corrected chi connectivity index (χ1v) is 6.27. The number of amides is 1. The molecule has 0 fully saturated rings. The van der Waals surface area contributed by atoms with E-state index in [9.17, 15) is 14.7 Å². The van der Waals surface area contributed by atoms with E-state index in [2.05, 4.69) is 0 Å². The second kappa shape index (κ2) is 5.21. The van der Waals surface area contributed by atoms with E-state index >= 15 is 0 Å². The Bertz CT molecular complexity index is 470. The summed E-state index contributed by atoms with van der Waals surface area (Å²) in [5.74, 6) is -1.44. The molecule has 18 heavy (non-hydrogen) atoms. The molecule has 0 aromatic heterocycles. The molecule has 4 heteroatoms. The molecule has 4 nitrogen and oxygen atoms in total. The van der Waals surface area contributed by atoms with Crippen molar-refractivity contribution < 1.29 is 14.7 Å². The van der Waals surface area contributed by atoms with Crippen molar-refractivity contribution in [3.8, 4) is 0 Å². The van der Waals surface area contributed by atoms with Crippen LogP contribution in [0.1, 0.15) is 37.7 Å². The number of carbonyl (C=O) groups excluding carboxylic acids is 1. The van der Waals surface area contributed by atoms with Crippen molar-refractivity contribution in [2.24, 2.45) is 0 Å². The van der Waals surface area contributed by atoms with Crippen molar-refractivity contribution in [1.29, 1.82) is 0 Å². The topological polar surface area (TPSA) is 57.6 Å². The first-order chi connectivity index (χ1) is 8.65. The average molecular weight is 247 g/mol. The lowest BCUT2D eigenvalue weighted by molar-refractivity contribution is -0.138. The van der Waals surface area contributed by atoms with Gasteiger partial charge in [0.05, 0.1) is 0 Å². The number of anilines is 1. The summed E-state index contributed by atoms with van der Waals surface area (Å²) in [5.41, 5.74) is 1.50. The predicted octanol–water partition coefficient (Wildman–Crippen LogP) is 2.39. The Morgan fingerprint density at radius 2 is 2.11 bits per heavy atom. The predicted molar refractivity (Wildman–Crippen MR) is 68.7 cm³/mol. The minimum absolute atomic E-state index is 0.0213. The maximum Gasteiger partial charge on any atom is 0.312 e. The van der Waals surface area contributed by atoms with Crippen molar-refractivity contribution in [3.63, 3.8) is 0 Å². The summed E-state index contributed by atoms with van der Waals surface area (Å²) >= 11 is 0. The van der Waals surface area contributed by atoms with Crippen LogP contribution in [0.4, 0.5) is 5.69 Å². The fourth-order valence-corrected chi connectivity index (χ4v) is 2.32. The number of hydrogen-bond acceptors (Lipinski definition) is 2. The van der Waals surface area contributed by atoms with Crippen LogP contribution in [0.15, 0.2) is 24.3 Å². The monoisotopic (exact) mass is 247 g/mol. The highest BCUT2D eigenvalue weighted by atomic mass is 16.4. The molecule has 0 bridgehead atoms. The Balaban J connectivity index is 2.25. The van der Waals surface area contributed by atoms with Crippen LogP contribution in [0.3, 0.4) is 0 Å². The molecular weight excluding hydrogens is 230 g/mol. The number of carbonyl (C=O) groups is 2. The van der Waals surface area contributed by atoms with Crippen LogP contribution in [0, 0.1) is 0 Å². The number of fused-ring (bicyclic) bond motifs is 1. The number of benzene rings is 1. The zero-order chi connectivity index (χ0) is 13.1. The molecule has 1 amide bonds. The standard InChI is InChI=1S/C14H17NO3/c1-2-3-8-13(16)15-9-11(14(17)18)10-6-4-5-7-12(10)15/h4-7,11H,2-3,8-9H2,1H3,(H,17,18). The van der Waals surface area contributed by atoms with Gasteiger partial charge in [0.2, 0.25) is 5.91 Å². The fourth-order valence-electron chi connectivity index (χ4n) is 2.32. The number of hydrogen-bond donors (Lipinski definition) is 1. The zero-order valence-electron chi connectivity index (χ0n) is 10.4. The molecule has 0 aliphatic carbocycles. The van der Waals surface area contributed by atoms with Crippen LogP contribution in [-0.2, 0) is 9.59 Å². The summed E-state index contributed by atoms with van der Waals surface area (Å²) in [6.07, 6.45) is 2.29. The van der Waals surface area contributed by atoms with Gasteiger partial charge in [-0.05, 0) is 18.1 Å². The van der Waals surface area contributed by atoms with E-state index in [1.165, 1.54) is 0 Å². The van der Waals surface area contributed by atoms with E-state index in [-0.39, 0.29) is 12.5 Å². The third kappa shape index (κ3) is 2.23. The summed E-state index contributed by atoms with van der Waals surface area (Å²) in [5, 5.41) is 9.20. The van der Waals surface area contributed by atoms with Crippen molar-refractivity contribution in [2.45, 2.75) is 32.1 Å². The third-order valence-electron chi connectivity index (χ3n) is 3.31. The first kappa shape index (κ1) is 12.6. The Hall–Kier alpha value is -1.84. The average Bonchev–Trinajstić information content (AvgIpc) is 2.75. The number of nitrogens with zero attached hydrogens (tertiary/aromatic N) is 1. The highest BCUT2D eigenvalue weighted by molar-refractivity contribution is 5.98. The van der Waals surface area contributed by atoms with E-state index in [1.54, 1.807) is 11.0 Å². The fraction of sp³-hybridized carbons (Fsp3) is 0.429. The van der Waals surface area contributed by atoms with Gasteiger partial charge in [-0.2, -0.15) is 0 Å². The van der Waals surface area contributed by atoms with Crippen LogP contribution in [-0.4, -0.2) is 23.5 Å². The van der Waals surface area contributed by atoms with Gasteiger partial charge in [-0.1, -0.05) is 31.5 Å². The molecule has 0 spiro atoms. The van der Waals surface area contributed by atoms with Crippen LogP contribution in [0.5, 0.6) is 0 Å². The summed E-state index contributed by atoms with van der Waals surface area (Å²) < 4.78 is 0. The third-order valence-corrected chi connectivity index (χ3v) is 3.31. The minimum atomic E-state index is -0.867. The number of aliphatic carboxylic acids is 1. The summed E-state index contributed by atoms with van der Waals surface area (Å²) in [6.45, 7) is 2.29. The second-order valence-electron chi connectivity index (χ2n) is 4.56. The number of carboxylic acids is 1. The van der Waals surface area contributed by atoms with Gasteiger partial charge in [0.25, 0.3) is 0 Å².